The van der Waals surface area contributed by atoms with Gasteiger partial charge in [-0.15, -0.1) is 0 Å². The van der Waals surface area contributed by atoms with Crippen molar-refractivity contribution in [1.82, 2.24) is 10.1 Å². The minimum absolute atomic E-state index is 0.404. The Morgan fingerprint density at radius 2 is 1.74 bits per heavy atom. The zero-order valence-electron chi connectivity index (χ0n) is 12.4. The van der Waals surface area contributed by atoms with Crippen LogP contribution in [0.1, 0.15) is 11.4 Å². The van der Waals surface area contributed by atoms with Crippen LogP contribution in [0, 0.1) is 0 Å². The van der Waals surface area contributed by atoms with E-state index in [9.17, 15) is 8.42 Å². The Kier molecular flexibility index (Phi) is 4.12. The van der Waals surface area contributed by atoms with Crippen LogP contribution in [0.15, 0.2) is 59.1 Å². The zero-order valence-corrected chi connectivity index (χ0v) is 13.2. The van der Waals surface area contributed by atoms with E-state index in [1.165, 1.54) is 0 Å². The van der Waals surface area contributed by atoms with Gasteiger partial charge in [0.2, 0.25) is 10.0 Å². The quantitative estimate of drug-likeness (QED) is 0.778. The van der Waals surface area contributed by atoms with E-state index in [2.05, 4.69) is 14.9 Å². The molecule has 0 aliphatic carbocycles. The smallest absolute Gasteiger partial charge is 0.257 e. The molecule has 0 amide bonds. The second-order valence-electron chi connectivity index (χ2n) is 5.13. The van der Waals surface area contributed by atoms with E-state index in [4.69, 9.17) is 4.52 Å². The van der Waals surface area contributed by atoms with Crippen LogP contribution < -0.4 is 4.72 Å². The molecule has 7 heteroatoms. The number of aromatic nitrogens is 2. The summed E-state index contributed by atoms with van der Waals surface area (Å²) in [5.74, 6) is 1.01. The Labute approximate surface area is 134 Å². The first kappa shape index (κ1) is 15.2. The summed E-state index contributed by atoms with van der Waals surface area (Å²) in [5, 5.41) is 3.97. The van der Waals surface area contributed by atoms with E-state index in [1.54, 1.807) is 24.3 Å². The second-order valence-corrected chi connectivity index (χ2v) is 6.88. The van der Waals surface area contributed by atoms with Crippen molar-refractivity contribution in [2.45, 2.75) is 6.42 Å². The highest BCUT2D eigenvalue weighted by Gasteiger charge is 2.10. The highest BCUT2D eigenvalue weighted by Crippen LogP contribution is 2.20. The second kappa shape index (κ2) is 6.21. The van der Waals surface area contributed by atoms with Gasteiger partial charge in [-0.2, -0.15) is 4.98 Å². The summed E-state index contributed by atoms with van der Waals surface area (Å²) in [5.41, 5.74) is 2.32. The van der Waals surface area contributed by atoms with Crippen LogP contribution in [0.4, 0.5) is 5.69 Å². The maximum Gasteiger partial charge on any atom is 0.257 e. The normalized spacial score (nSPS) is 11.3. The first-order valence-electron chi connectivity index (χ1n) is 6.94. The van der Waals surface area contributed by atoms with E-state index in [-0.39, 0.29) is 0 Å². The molecule has 1 heterocycles. The van der Waals surface area contributed by atoms with Gasteiger partial charge >= 0.3 is 0 Å². The van der Waals surface area contributed by atoms with Gasteiger partial charge in [0, 0.05) is 17.7 Å². The summed E-state index contributed by atoms with van der Waals surface area (Å²) in [7, 11) is -3.29. The molecule has 23 heavy (non-hydrogen) atoms. The minimum atomic E-state index is -3.29. The Bertz CT molecular complexity index is 888. The van der Waals surface area contributed by atoms with Gasteiger partial charge in [-0.05, 0) is 29.8 Å². The summed E-state index contributed by atoms with van der Waals surface area (Å²) >= 11 is 0. The lowest BCUT2D eigenvalue weighted by Crippen LogP contribution is -2.09. The Morgan fingerprint density at radius 3 is 2.39 bits per heavy atom. The summed E-state index contributed by atoms with van der Waals surface area (Å²) in [6.45, 7) is 0. The average molecular weight is 329 g/mol. The number of sulfonamides is 1. The van der Waals surface area contributed by atoms with Crippen LogP contribution in [0.3, 0.4) is 0 Å². The van der Waals surface area contributed by atoms with E-state index in [0.717, 1.165) is 17.4 Å². The van der Waals surface area contributed by atoms with Crippen molar-refractivity contribution in [2.24, 2.45) is 0 Å². The lowest BCUT2D eigenvalue weighted by Gasteiger charge is -2.03. The predicted molar refractivity (Wildman–Crippen MR) is 87.4 cm³/mol. The number of benzene rings is 2. The molecule has 1 aromatic heterocycles. The molecule has 0 bridgehead atoms. The topological polar surface area (TPSA) is 85.1 Å². The molecule has 0 saturated carbocycles. The molecule has 0 atom stereocenters. The Balaban J connectivity index is 1.75. The van der Waals surface area contributed by atoms with Gasteiger partial charge in [-0.3, -0.25) is 4.72 Å². The maximum atomic E-state index is 11.2. The summed E-state index contributed by atoms with van der Waals surface area (Å²) < 4.78 is 30.0. The van der Waals surface area contributed by atoms with Crippen molar-refractivity contribution in [1.29, 1.82) is 0 Å². The molecule has 1 N–H and O–H groups in total. The number of nitrogens with zero attached hydrogens (tertiary/aromatic N) is 2. The maximum absolute atomic E-state index is 11.2. The third-order valence-electron chi connectivity index (χ3n) is 3.11. The lowest BCUT2D eigenvalue weighted by molar-refractivity contribution is 0.424. The van der Waals surface area contributed by atoms with Crippen LogP contribution in [-0.4, -0.2) is 24.8 Å². The predicted octanol–water partition coefficient (Wildman–Crippen LogP) is 2.70. The van der Waals surface area contributed by atoms with E-state index < -0.39 is 10.0 Å². The fourth-order valence-corrected chi connectivity index (χ4v) is 2.68. The van der Waals surface area contributed by atoms with Crippen LogP contribution in [0.2, 0.25) is 0 Å². The van der Waals surface area contributed by atoms with Crippen molar-refractivity contribution in [3.63, 3.8) is 0 Å². The van der Waals surface area contributed by atoms with E-state index in [1.807, 2.05) is 30.3 Å². The van der Waals surface area contributed by atoms with Crippen molar-refractivity contribution < 1.29 is 12.9 Å². The third kappa shape index (κ3) is 4.17. The molecule has 0 spiro atoms. The molecule has 118 valence electrons. The third-order valence-corrected chi connectivity index (χ3v) is 3.71. The summed E-state index contributed by atoms with van der Waals surface area (Å²) in [6, 6.07) is 16.6. The fourth-order valence-electron chi connectivity index (χ4n) is 2.12. The van der Waals surface area contributed by atoms with Crippen molar-refractivity contribution in [2.75, 3.05) is 11.0 Å². The van der Waals surface area contributed by atoms with Crippen LogP contribution in [0.5, 0.6) is 0 Å². The standard InChI is InChI=1S/C16H15N3O3S/c1-23(20,21)19-14-9-7-13(8-10-14)16-17-15(18-22-16)11-12-5-3-2-4-6-12/h2-10,19H,11H2,1H3. The number of hydrogen-bond acceptors (Lipinski definition) is 5. The first-order valence-corrected chi connectivity index (χ1v) is 8.83. The molecule has 3 rings (SSSR count). The summed E-state index contributed by atoms with van der Waals surface area (Å²) in [6.07, 6.45) is 1.70. The molecule has 0 aliphatic rings. The van der Waals surface area contributed by atoms with Crippen molar-refractivity contribution >= 4 is 15.7 Å². The molecule has 3 aromatic rings. The lowest BCUT2D eigenvalue weighted by atomic mass is 10.1. The molecule has 0 unspecified atom stereocenters. The molecular weight excluding hydrogens is 314 g/mol. The van der Waals surface area contributed by atoms with Gasteiger partial charge in [-0.25, -0.2) is 8.42 Å². The number of hydrogen-bond donors (Lipinski definition) is 1. The number of rotatable bonds is 5. The number of nitrogens with one attached hydrogen (secondary N) is 1. The fraction of sp³-hybridized carbons (Fsp3) is 0.125. The SMILES string of the molecule is CS(=O)(=O)Nc1ccc(-c2nc(Cc3ccccc3)no2)cc1. The highest BCUT2D eigenvalue weighted by atomic mass is 32.2. The monoisotopic (exact) mass is 329 g/mol. The van der Waals surface area contributed by atoms with Gasteiger partial charge < -0.3 is 4.52 Å². The highest BCUT2D eigenvalue weighted by molar-refractivity contribution is 7.92. The number of anilines is 1. The van der Waals surface area contributed by atoms with Gasteiger partial charge in [-0.1, -0.05) is 35.5 Å². The minimum Gasteiger partial charge on any atom is -0.334 e. The van der Waals surface area contributed by atoms with Gasteiger partial charge in [0.25, 0.3) is 5.89 Å². The van der Waals surface area contributed by atoms with Crippen LogP contribution in [0.25, 0.3) is 11.5 Å². The van der Waals surface area contributed by atoms with Gasteiger partial charge in [0.05, 0.1) is 6.26 Å². The summed E-state index contributed by atoms with van der Waals surface area (Å²) in [4.78, 5) is 4.36. The van der Waals surface area contributed by atoms with Crippen molar-refractivity contribution in [3.05, 3.63) is 66.0 Å². The van der Waals surface area contributed by atoms with E-state index >= 15 is 0 Å². The van der Waals surface area contributed by atoms with Crippen LogP contribution >= 0.6 is 0 Å². The molecule has 6 nitrogen and oxygen atoms in total. The van der Waals surface area contributed by atoms with Gasteiger partial charge in [0.15, 0.2) is 5.82 Å². The molecule has 0 saturated heterocycles. The van der Waals surface area contributed by atoms with E-state index in [0.29, 0.717) is 23.8 Å². The first-order chi connectivity index (χ1) is 11.0. The Morgan fingerprint density at radius 1 is 1.04 bits per heavy atom. The largest absolute Gasteiger partial charge is 0.334 e. The Hall–Kier alpha value is -2.67. The van der Waals surface area contributed by atoms with Crippen molar-refractivity contribution in [3.8, 4) is 11.5 Å². The molecule has 0 aliphatic heterocycles. The molecule has 2 aromatic carbocycles. The molecule has 0 radical (unpaired) electrons. The average Bonchev–Trinajstić information content (AvgIpc) is 2.96. The zero-order chi connectivity index (χ0) is 16.3. The van der Waals surface area contributed by atoms with Crippen LogP contribution in [-0.2, 0) is 16.4 Å². The molecule has 0 fully saturated rings. The van der Waals surface area contributed by atoms with Gasteiger partial charge in [0.1, 0.15) is 0 Å². The molecular formula is C16H15N3O3S.